The van der Waals surface area contributed by atoms with Gasteiger partial charge in [-0.15, -0.1) is 0 Å². The van der Waals surface area contributed by atoms with Crippen molar-refractivity contribution in [3.05, 3.63) is 0 Å². The summed E-state index contributed by atoms with van der Waals surface area (Å²) in [4.78, 5) is 8.90. The molecule has 5 heteroatoms. The summed E-state index contributed by atoms with van der Waals surface area (Å²) in [6, 6.07) is 0. The fourth-order valence-electron chi connectivity index (χ4n) is 0.994. The molecule has 4 nitrogen and oxygen atoms in total. The van der Waals surface area contributed by atoms with Crippen molar-refractivity contribution in [3.8, 4) is 0 Å². The topological polar surface area (TPSA) is 55.8 Å². The smallest absolute Gasteiger partial charge is 0.302 e. The number of phosphoric ester groups is 1. The van der Waals surface area contributed by atoms with Gasteiger partial charge in [0.05, 0.1) is 12.7 Å². The highest BCUT2D eigenvalue weighted by atomic mass is 31.2. The third kappa shape index (κ3) is 2.56. The van der Waals surface area contributed by atoms with Crippen LogP contribution in [0.2, 0.25) is 0 Å². The molecule has 0 aromatic heterocycles. The molecule has 1 fully saturated rings. The van der Waals surface area contributed by atoms with Gasteiger partial charge in [-0.25, -0.2) is 4.57 Å². The van der Waals surface area contributed by atoms with Crippen molar-refractivity contribution in [2.45, 2.75) is 26.4 Å². The van der Waals surface area contributed by atoms with Crippen molar-refractivity contribution in [2.75, 3.05) is 6.61 Å². The van der Waals surface area contributed by atoms with Gasteiger partial charge in [0.2, 0.25) is 0 Å². The van der Waals surface area contributed by atoms with Crippen LogP contribution >= 0.6 is 7.82 Å². The summed E-state index contributed by atoms with van der Waals surface area (Å²) in [5.41, 5.74) is 0. The maximum absolute atomic E-state index is 10.9. The Bertz CT molecular complexity index is 179. The zero-order valence-corrected chi connectivity index (χ0v) is 7.58. The van der Waals surface area contributed by atoms with Crippen LogP contribution in [0, 0.1) is 5.92 Å². The fourth-order valence-corrected chi connectivity index (χ4v) is 2.08. The molecule has 1 aliphatic rings. The zero-order valence-electron chi connectivity index (χ0n) is 6.69. The van der Waals surface area contributed by atoms with Crippen LogP contribution in [0.25, 0.3) is 0 Å². The van der Waals surface area contributed by atoms with E-state index in [9.17, 15) is 4.57 Å². The fraction of sp³-hybridized carbons (Fsp3) is 1.00. The highest BCUT2D eigenvalue weighted by Gasteiger charge is 2.32. The molecule has 0 radical (unpaired) electrons. The summed E-state index contributed by atoms with van der Waals surface area (Å²) >= 11 is 0. The highest BCUT2D eigenvalue weighted by molar-refractivity contribution is 7.47. The molecule has 0 aliphatic carbocycles. The van der Waals surface area contributed by atoms with E-state index < -0.39 is 7.82 Å². The molecule has 1 rings (SSSR count). The van der Waals surface area contributed by atoms with E-state index in [1.165, 1.54) is 0 Å². The van der Waals surface area contributed by atoms with Gasteiger partial charge in [0.15, 0.2) is 0 Å². The molecule has 1 N–H and O–H groups in total. The second-order valence-corrected chi connectivity index (χ2v) is 4.38. The Hall–Kier alpha value is 0.110. The van der Waals surface area contributed by atoms with Gasteiger partial charge in [-0.2, -0.15) is 0 Å². The molecule has 2 unspecified atom stereocenters. The maximum Gasteiger partial charge on any atom is 0.472 e. The third-order valence-corrected chi connectivity index (χ3v) is 2.72. The minimum absolute atomic E-state index is 0.139. The molecule has 0 amide bonds. The van der Waals surface area contributed by atoms with Crippen molar-refractivity contribution in [1.29, 1.82) is 0 Å². The van der Waals surface area contributed by atoms with Crippen LogP contribution in [0.15, 0.2) is 0 Å². The first-order valence-electron chi connectivity index (χ1n) is 3.67. The zero-order chi connectivity index (χ0) is 8.48. The van der Waals surface area contributed by atoms with Gasteiger partial charge in [-0.05, 0) is 12.3 Å². The Kier molecular flexibility index (Phi) is 2.70. The van der Waals surface area contributed by atoms with Gasteiger partial charge < -0.3 is 4.89 Å². The van der Waals surface area contributed by atoms with Crippen molar-refractivity contribution >= 4 is 7.82 Å². The van der Waals surface area contributed by atoms with E-state index in [1.54, 1.807) is 0 Å². The molecule has 0 saturated carbocycles. The van der Waals surface area contributed by atoms with E-state index in [2.05, 4.69) is 4.52 Å². The average Bonchev–Trinajstić information content (AvgIpc) is 1.85. The Morgan fingerprint density at radius 1 is 1.64 bits per heavy atom. The molecule has 0 aromatic rings. The van der Waals surface area contributed by atoms with Crippen LogP contribution < -0.4 is 0 Å². The Labute approximate surface area is 66.1 Å². The van der Waals surface area contributed by atoms with E-state index in [0.717, 1.165) is 0 Å². The van der Waals surface area contributed by atoms with E-state index in [4.69, 9.17) is 9.42 Å². The molecule has 2 atom stereocenters. The van der Waals surface area contributed by atoms with Gasteiger partial charge in [0.25, 0.3) is 0 Å². The Morgan fingerprint density at radius 3 is 2.64 bits per heavy atom. The average molecular weight is 180 g/mol. The predicted molar refractivity (Wildman–Crippen MR) is 40.1 cm³/mol. The molecule has 0 aromatic carbocycles. The van der Waals surface area contributed by atoms with Gasteiger partial charge in [0, 0.05) is 0 Å². The van der Waals surface area contributed by atoms with Crippen LogP contribution in [0.1, 0.15) is 20.3 Å². The Balaban J connectivity index is 2.53. The Morgan fingerprint density at radius 2 is 2.27 bits per heavy atom. The summed E-state index contributed by atoms with van der Waals surface area (Å²) in [7, 11) is -3.70. The van der Waals surface area contributed by atoms with Crippen molar-refractivity contribution in [1.82, 2.24) is 0 Å². The largest absolute Gasteiger partial charge is 0.472 e. The van der Waals surface area contributed by atoms with Crippen molar-refractivity contribution in [3.63, 3.8) is 0 Å². The molecular weight excluding hydrogens is 167 g/mol. The number of phosphoric acid groups is 1. The summed E-state index contributed by atoms with van der Waals surface area (Å²) in [6.07, 6.45) is 0.557. The first kappa shape index (κ1) is 9.20. The molecule has 0 spiro atoms. The van der Waals surface area contributed by atoms with E-state index >= 15 is 0 Å². The van der Waals surface area contributed by atoms with Crippen LogP contribution in [0.5, 0.6) is 0 Å². The first-order chi connectivity index (χ1) is 5.01. The first-order valence-corrected chi connectivity index (χ1v) is 5.16. The van der Waals surface area contributed by atoms with Crippen molar-refractivity contribution < 1.29 is 18.5 Å². The quantitative estimate of drug-likeness (QED) is 0.622. The van der Waals surface area contributed by atoms with E-state index in [1.807, 2.05) is 13.8 Å². The molecule has 1 heterocycles. The summed E-state index contributed by atoms with van der Waals surface area (Å²) in [5, 5.41) is 0. The van der Waals surface area contributed by atoms with E-state index in [0.29, 0.717) is 13.0 Å². The normalized spacial score (nSPS) is 39.5. The van der Waals surface area contributed by atoms with Gasteiger partial charge in [0.1, 0.15) is 0 Å². The van der Waals surface area contributed by atoms with Gasteiger partial charge in [-0.1, -0.05) is 13.8 Å². The number of rotatable bonds is 1. The second kappa shape index (κ2) is 3.23. The van der Waals surface area contributed by atoms with Crippen LogP contribution in [-0.4, -0.2) is 17.6 Å². The van der Waals surface area contributed by atoms with Crippen LogP contribution in [0.3, 0.4) is 0 Å². The highest BCUT2D eigenvalue weighted by Crippen LogP contribution is 2.49. The monoisotopic (exact) mass is 180 g/mol. The van der Waals surface area contributed by atoms with Crippen LogP contribution in [0.4, 0.5) is 0 Å². The minimum Gasteiger partial charge on any atom is -0.302 e. The minimum atomic E-state index is -3.70. The summed E-state index contributed by atoms with van der Waals surface area (Å²) in [6.45, 7) is 4.22. The van der Waals surface area contributed by atoms with Gasteiger partial charge >= 0.3 is 7.82 Å². The summed E-state index contributed by atoms with van der Waals surface area (Å²) < 4.78 is 20.2. The molecule has 0 bridgehead atoms. The second-order valence-electron chi connectivity index (χ2n) is 2.98. The SMILES string of the molecule is CC(C)C1CCOP(=O)(O)O1. The number of hydrogen-bond donors (Lipinski definition) is 1. The third-order valence-electron chi connectivity index (χ3n) is 1.67. The maximum atomic E-state index is 10.9. The lowest BCUT2D eigenvalue weighted by atomic mass is 10.1. The van der Waals surface area contributed by atoms with E-state index in [-0.39, 0.29) is 12.0 Å². The van der Waals surface area contributed by atoms with Gasteiger partial charge in [-0.3, -0.25) is 9.05 Å². The van der Waals surface area contributed by atoms with Crippen LogP contribution in [-0.2, 0) is 13.6 Å². The molecular formula is C6H13O4P. The summed E-state index contributed by atoms with van der Waals surface area (Å²) in [5.74, 6) is 0.263. The number of hydrogen-bond acceptors (Lipinski definition) is 3. The lowest BCUT2D eigenvalue weighted by Gasteiger charge is -2.28. The molecule has 1 aliphatic heterocycles. The lowest BCUT2D eigenvalue weighted by Crippen LogP contribution is -2.25. The van der Waals surface area contributed by atoms with Crippen molar-refractivity contribution in [2.24, 2.45) is 5.92 Å². The lowest BCUT2D eigenvalue weighted by molar-refractivity contribution is 0.0245. The molecule has 1 saturated heterocycles. The standard InChI is InChI=1S/C6H13O4P/c1-5(2)6-3-4-9-11(7,8)10-6/h5-6H,3-4H2,1-2H3,(H,7,8). The molecule has 66 valence electrons. The predicted octanol–water partition coefficient (Wildman–Crippen LogP) is 1.55. The molecule has 11 heavy (non-hydrogen) atoms.